The quantitative estimate of drug-likeness (QED) is 0.865. The Morgan fingerprint density at radius 3 is 2.62 bits per heavy atom. The van der Waals surface area contributed by atoms with Crippen LogP contribution in [-0.2, 0) is 10.5 Å². The van der Waals surface area contributed by atoms with E-state index in [2.05, 4.69) is 5.32 Å². The molecule has 2 aromatic carbocycles. The predicted octanol–water partition coefficient (Wildman–Crippen LogP) is 4.22. The fourth-order valence-corrected chi connectivity index (χ4v) is 2.69. The van der Waals surface area contributed by atoms with Crippen LogP contribution in [-0.4, -0.2) is 18.8 Å². The molecule has 0 radical (unpaired) electrons. The summed E-state index contributed by atoms with van der Waals surface area (Å²) in [6.07, 6.45) is 0. The van der Waals surface area contributed by atoms with Gasteiger partial charge in [0.25, 0.3) is 0 Å². The predicted molar refractivity (Wildman–Crippen MR) is 89.2 cm³/mol. The number of nitrogens with one attached hydrogen (secondary N) is 1. The standard InChI is InChI=1S/C16H16ClNO2S/c1-20-15-5-3-2-4-14(15)18-16(19)11-21-10-12-6-8-13(17)9-7-12/h2-9H,10-11H2,1H3,(H,18,19). The van der Waals surface area contributed by atoms with E-state index in [1.54, 1.807) is 18.9 Å². The SMILES string of the molecule is COc1ccccc1NC(=O)CSCc1ccc(Cl)cc1. The first-order valence-corrected chi connectivity index (χ1v) is 7.97. The summed E-state index contributed by atoms with van der Waals surface area (Å²) in [6.45, 7) is 0. The highest BCUT2D eigenvalue weighted by Crippen LogP contribution is 2.23. The third-order valence-corrected chi connectivity index (χ3v) is 4.05. The summed E-state index contributed by atoms with van der Waals surface area (Å²) in [5.74, 6) is 1.78. The van der Waals surface area contributed by atoms with Crippen molar-refractivity contribution < 1.29 is 9.53 Å². The minimum atomic E-state index is -0.0431. The van der Waals surface area contributed by atoms with E-state index in [0.717, 1.165) is 16.3 Å². The Morgan fingerprint density at radius 1 is 1.19 bits per heavy atom. The molecule has 0 aromatic heterocycles. The maximum atomic E-state index is 11.9. The number of thioether (sulfide) groups is 1. The van der Waals surface area contributed by atoms with E-state index in [-0.39, 0.29) is 5.91 Å². The van der Waals surface area contributed by atoms with E-state index in [0.29, 0.717) is 17.2 Å². The molecule has 1 amide bonds. The second-order valence-corrected chi connectivity index (χ2v) is 5.79. The maximum absolute atomic E-state index is 11.9. The van der Waals surface area contributed by atoms with Crippen LogP contribution in [0.4, 0.5) is 5.69 Å². The molecule has 0 bridgehead atoms. The van der Waals surface area contributed by atoms with Crippen LogP contribution in [0.25, 0.3) is 0 Å². The molecule has 0 aliphatic rings. The molecule has 21 heavy (non-hydrogen) atoms. The summed E-state index contributed by atoms with van der Waals surface area (Å²) in [4.78, 5) is 11.9. The Morgan fingerprint density at radius 2 is 1.90 bits per heavy atom. The van der Waals surface area contributed by atoms with Crippen molar-refractivity contribution in [1.82, 2.24) is 0 Å². The number of hydrogen-bond donors (Lipinski definition) is 1. The summed E-state index contributed by atoms with van der Waals surface area (Å²) in [5, 5.41) is 3.57. The lowest BCUT2D eigenvalue weighted by Gasteiger charge is -2.09. The van der Waals surface area contributed by atoms with Gasteiger partial charge in [0, 0.05) is 10.8 Å². The van der Waals surface area contributed by atoms with Crippen LogP contribution in [0.2, 0.25) is 5.02 Å². The number of ether oxygens (including phenoxy) is 1. The summed E-state index contributed by atoms with van der Waals surface area (Å²) in [7, 11) is 1.58. The summed E-state index contributed by atoms with van der Waals surface area (Å²) >= 11 is 7.39. The average Bonchev–Trinajstić information content (AvgIpc) is 2.50. The molecule has 1 N–H and O–H groups in total. The Hall–Kier alpha value is -1.65. The first-order valence-electron chi connectivity index (χ1n) is 6.44. The van der Waals surface area contributed by atoms with Gasteiger partial charge in [0.05, 0.1) is 18.6 Å². The zero-order chi connectivity index (χ0) is 15.1. The van der Waals surface area contributed by atoms with E-state index >= 15 is 0 Å². The fraction of sp³-hybridized carbons (Fsp3) is 0.188. The second-order valence-electron chi connectivity index (χ2n) is 4.37. The normalized spacial score (nSPS) is 10.2. The summed E-state index contributed by atoms with van der Waals surface area (Å²) in [6, 6.07) is 15.0. The van der Waals surface area contributed by atoms with Crippen molar-refractivity contribution in [2.75, 3.05) is 18.2 Å². The minimum Gasteiger partial charge on any atom is -0.495 e. The van der Waals surface area contributed by atoms with Crippen LogP contribution in [0.15, 0.2) is 48.5 Å². The number of anilines is 1. The number of halogens is 1. The molecule has 0 aliphatic carbocycles. The fourth-order valence-electron chi connectivity index (χ4n) is 1.78. The molecule has 0 atom stereocenters. The van der Waals surface area contributed by atoms with Gasteiger partial charge in [0.15, 0.2) is 0 Å². The van der Waals surface area contributed by atoms with Crippen molar-refractivity contribution in [3.05, 3.63) is 59.1 Å². The van der Waals surface area contributed by atoms with Gasteiger partial charge in [-0.2, -0.15) is 0 Å². The number of benzene rings is 2. The topological polar surface area (TPSA) is 38.3 Å². The van der Waals surface area contributed by atoms with Crippen LogP contribution < -0.4 is 10.1 Å². The first kappa shape index (κ1) is 15.7. The number of hydrogen-bond acceptors (Lipinski definition) is 3. The zero-order valence-corrected chi connectivity index (χ0v) is 13.2. The van der Waals surface area contributed by atoms with Gasteiger partial charge in [-0.05, 0) is 29.8 Å². The Balaban J connectivity index is 1.81. The first-order chi connectivity index (χ1) is 10.2. The largest absolute Gasteiger partial charge is 0.495 e. The molecular formula is C16H16ClNO2S. The van der Waals surface area contributed by atoms with Gasteiger partial charge in [-0.15, -0.1) is 11.8 Å². The summed E-state index contributed by atoms with van der Waals surface area (Å²) in [5.41, 5.74) is 1.84. The van der Waals surface area contributed by atoms with Gasteiger partial charge in [-0.25, -0.2) is 0 Å². The van der Waals surface area contributed by atoms with Crippen molar-refractivity contribution in [1.29, 1.82) is 0 Å². The van der Waals surface area contributed by atoms with E-state index in [1.165, 1.54) is 0 Å². The van der Waals surface area contributed by atoms with Gasteiger partial charge in [-0.1, -0.05) is 35.9 Å². The average molecular weight is 322 g/mol. The molecule has 3 nitrogen and oxygen atoms in total. The molecule has 0 spiro atoms. The molecule has 0 aliphatic heterocycles. The number of carbonyl (C=O) groups excluding carboxylic acids is 1. The molecule has 5 heteroatoms. The minimum absolute atomic E-state index is 0.0431. The molecule has 0 heterocycles. The number of rotatable bonds is 6. The lowest BCUT2D eigenvalue weighted by molar-refractivity contribution is -0.113. The third-order valence-electron chi connectivity index (χ3n) is 2.80. The highest BCUT2D eigenvalue weighted by molar-refractivity contribution is 7.99. The van der Waals surface area contributed by atoms with Crippen LogP contribution in [0.3, 0.4) is 0 Å². The van der Waals surface area contributed by atoms with Crippen LogP contribution in [0, 0.1) is 0 Å². The smallest absolute Gasteiger partial charge is 0.234 e. The molecule has 0 unspecified atom stereocenters. The molecular weight excluding hydrogens is 306 g/mol. The van der Waals surface area contributed by atoms with Crippen molar-refractivity contribution in [3.8, 4) is 5.75 Å². The molecule has 0 fully saturated rings. The number of amides is 1. The highest BCUT2D eigenvalue weighted by atomic mass is 35.5. The second kappa shape index (κ2) is 7.96. The van der Waals surface area contributed by atoms with Gasteiger partial charge < -0.3 is 10.1 Å². The number of para-hydroxylation sites is 2. The van der Waals surface area contributed by atoms with Gasteiger partial charge in [-0.3, -0.25) is 4.79 Å². The van der Waals surface area contributed by atoms with E-state index in [4.69, 9.17) is 16.3 Å². The van der Waals surface area contributed by atoms with Gasteiger partial charge in [0.1, 0.15) is 5.75 Å². The monoisotopic (exact) mass is 321 g/mol. The van der Waals surface area contributed by atoms with Crippen molar-refractivity contribution >= 4 is 35.0 Å². The lowest BCUT2D eigenvalue weighted by atomic mass is 10.2. The lowest BCUT2D eigenvalue weighted by Crippen LogP contribution is -2.14. The van der Waals surface area contributed by atoms with E-state index < -0.39 is 0 Å². The molecule has 2 rings (SSSR count). The van der Waals surface area contributed by atoms with E-state index in [1.807, 2.05) is 48.5 Å². The van der Waals surface area contributed by atoms with Crippen molar-refractivity contribution in [2.24, 2.45) is 0 Å². The van der Waals surface area contributed by atoms with Crippen LogP contribution in [0.5, 0.6) is 5.75 Å². The number of carbonyl (C=O) groups is 1. The van der Waals surface area contributed by atoms with Crippen LogP contribution >= 0.6 is 23.4 Å². The molecule has 0 saturated carbocycles. The highest BCUT2D eigenvalue weighted by Gasteiger charge is 2.07. The van der Waals surface area contributed by atoms with Crippen molar-refractivity contribution in [3.63, 3.8) is 0 Å². The van der Waals surface area contributed by atoms with E-state index in [9.17, 15) is 4.79 Å². The van der Waals surface area contributed by atoms with Gasteiger partial charge in [0.2, 0.25) is 5.91 Å². The van der Waals surface area contributed by atoms with Crippen LogP contribution in [0.1, 0.15) is 5.56 Å². The Kier molecular flexibility index (Phi) is 5.96. The Bertz CT molecular complexity index is 601. The molecule has 110 valence electrons. The van der Waals surface area contributed by atoms with Gasteiger partial charge >= 0.3 is 0 Å². The summed E-state index contributed by atoms with van der Waals surface area (Å²) < 4.78 is 5.20. The molecule has 2 aromatic rings. The molecule has 0 saturated heterocycles. The third kappa shape index (κ3) is 4.99. The van der Waals surface area contributed by atoms with Crippen molar-refractivity contribution in [2.45, 2.75) is 5.75 Å². The maximum Gasteiger partial charge on any atom is 0.234 e. The Labute approximate surface area is 133 Å². The number of methoxy groups -OCH3 is 1. The zero-order valence-electron chi connectivity index (χ0n) is 11.6.